The minimum Gasteiger partial charge on any atom is -0.391 e. The van der Waals surface area contributed by atoms with Crippen molar-refractivity contribution in [2.45, 2.75) is 20.5 Å². The third-order valence-electron chi connectivity index (χ3n) is 5.18. The van der Waals surface area contributed by atoms with Gasteiger partial charge in [-0.05, 0) is 91.7 Å². The molecule has 0 bridgehead atoms. The number of rotatable bonds is 6. The maximum Gasteiger partial charge on any atom is 0.142 e. The summed E-state index contributed by atoms with van der Waals surface area (Å²) in [5.74, 6) is -0.984. The fraction of sp³-hybridized carbons (Fsp3) is 0.115. The van der Waals surface area contributed by atoms with Crippen molar-refractivity contribution in [2.75, 3.05) is 0 Å². The lowest BCUT2D eigenvalue weighted by Gasteiger charge is -2.12. The number of hydrogen-bond acceptors (Lipinski definition) is 2. The first-order chi connectivity index (χ1) is 15.4. The van der Waals surface area contributed by atoms with Crippen LogP contribution in [0.2, 0.25) is 0 Å². The minimum absolute atomic E-state index is 0.137. The van der Waals surface area contributed by atoms with Gasteiger partial charge < -0.3 is 9.40 Å². The summed E-state index contributed by atoms with van der Waals surface area (Å²) in [5.41, 5.74) is 5.38. The molecule has 0 saturated carbocycles. The fourth-order valence-electron chi connectivity index (χ4n) is 3.61. The standard InChI is InChI=1S/C26H21F3N2O/c1-17(30-32-16-19-4-3-5-23(29)14-19)25-15-26(20-6-8-21(27)9-7-20)31(18(25)2)24-12-10-22(28)11-13-24/h3-15H,16H2,1-2H3. The van der Waals surface area contributed by atoms with Crippen LogP contribution in [0.4, 0.5) is 13.2 Å². The van der Waals surface area contributed by atoms with Gasteiger partial charge in [0.1, 0.15) is 24.1 Å². The van der Waals surface area contributed by atoms with Gasteiger partial charge >= 0.3 is 0 Å². The first-order valence-corrected chi connectivity index (χ1v) is 10.1. The molecule has 0 aliphatic rings. The number of benzene rings is 3. The molecule has 0 aliphatic carbocycles. The Morgan fingerprint density at radius 1 is 0.844 bits per heavy atom. The van der Waals surface area contributed by atoms with Crippen LogP contribution in [0.1, 0.15) is 23.7 Å². The summed E-state index contributed by atoms with van der Waals surface area (Å²) in [7, 11) is 0. The van der Waals surface area contributed by atoms with Crippen molar-refractivity contribution in [2.24, 2.45) is 5.16 Å². The molecule has 0 N–H and O–H groups in total. The summed E-state index contributed by atoms with van der Waals surface area (Å²) in [6, 6.07) is 20.4. The van der Waals surface area contributed by atoms with Crippen molar-refractivity contribution in [3.63, 3.8) is 0 Å². The molecule has 0 amide bonds. The maximum absolute atomic E-state index is 13.5. The van der Waals surface area contributed by atoms with E-state index in [1.54, 1.807) is 36.4 Å². The molecule has 4 aromatic rings. The van der Waals surface area contributed by atoms with Crippen LogP contribution >= 0.6 is 0 Å². The predicted octanol–water partition coefficient (Wildman–Crippen LogP) is 6.81. The Labute approximate surface area is 184 Å². The average Bonchev–Trinajstić information content (AvgIpc) is 3.12. The Morgan fingerprint density at radius 3 is 2.16 bits per heavy atom. The fourth-order valence-corrected chi connectivity index (χ4v) is 3.61. The summed E-state index contributed by atoms with van der Waals surface area (Å²) < 4.78 is 42.3. The molecule has 1 heterocycles. The summed E-state index contributed by atoms with van der Waals surface area (Å²) in [5, 5.41) is 4.21. The second-order valence-electron chi connectivity index (χ2n) is 7.43. The molecular formula is C26H21F3N2O. The SMILES string of the molecule is CC(=NOCc1cccc(F)c1)c1cc(-c2ccc(F)cc2)n(-c2ccc(F)cc2)c1C. The molecule has 0 radical (unpaired) electrons. The van der Waals surface area contributed by atoms with Gasteiger partial charge in [0.2, 0.25) is 0 Å². The van der Waals surface area contributed by atoms with E-state index >= 15 is 0 Å². The smallest absolute Gasteiger partial charge is 0.142 e. The molecule has 3 aromatic carbocycles. The Morgan fingerprint density at radius 2 is 1.50 bits per heavy atom. The third kappa shape index (κ3) is 4.59. The van der Waals surface area contributed by atoms with Crippen LogP contribution in [-0.4, -0.2) is 10.3 Å². The molecular weight excluding hydrogens is 413 g/mol. The zero-order valence-electron chi connectivity index (χ0n) is 17.6. The molecule has 0 fully saturated rings. The number of aromatic nitrogens is 1. The van der Waals surface area contributed by atoms with Crippen molar-refractivity contribution in [1.29, 1.82) is 0 Å². The first kappa shape index (κ1) is 21.4. The highest BCUT2D eigenvalue weighted by Gasteiger charge is 2.17. The van der Waals surface area contributed by atoms with Crippen LogP contribution in [0, 0.1) is 24.4 Å². The molecule has 0 unspecified atom stereocenters. The van der Waals surface area contributed by atoms with Crippen LogP contribution in [-0.2, 0) is 11.4 Å². The summed E-state index contributed by atoms with van der Waals surface area (Å²) in [4.78, 5) is 5.45. The number of hydrogen-bond donors (Lipinski definition) is 0. The van der Waals surface area contributed by atoms with Crippen LogP contribution in [0.5, 0.6) is 0 Å². The van der Waals surface area contributed by atoms with Crippen LogP contribution in [0.15, 0.2) is 84.0 Å². The number of halogens is 3. The van der Waals surface area contributed by atoms with Crippen molar-refractivity contribution >= 4 is 5.71 Å². The topological polar surface area (TPSA) is 26.5 Å². The van der Waals surface area contributed by atoms with E-state index in [1.165, 1.54) is 36.4 Å². The molecule has 0 atom stereocenters. The van der Waals surface area contributed by atoms with Crippen LogP contribution in [0.3, 0.4) is 0 Å². The van der Waals surface area contributed by atoms with Gasteiger partial charge in [0.25, 0.3) is 0 Å². The Bertz CT molecular complexity index is 1260. The molecule has 3 nitrogen and oxygen atoms in total. The second-order valence-corrected chi connectivity index (χ2v) is 7.43. The van der Waals surface area contributed by atoms with Gasteiger partial charge in [-0.15, -0.1) is 0 Å². The van der Waals surface area contributed by atoms with E-state index in [9.17, 15) is 13.2 Å². The molecule has 6 heteroatoms. The lowest BCUT2D eigenvalue weighted by atomic mass is 10.1. The predicted molar refractivity (Wildman–Crippen MR) is 119 cm³/mol. The zero-order chi connectivity index (χ0) is 22.7. The van der Waals surface area contributed by atoms with Gasteiger partial charge in [-0.2, -0.15) is 0 Å². The lowest BCUT2D eigenvalue weighted by Crippen LogP contribution is -2.02. The Kier molecular flexibility index (Phi) is 6.12. The van der Waals surface area contributed by atoms with Crippen molar-refractivity contribution in [3.8, 4) is 16.9 Å². The normalized spacial score (nSPS) is 11.6. The van der Waals surface area contributed by atoms with Crippen LogP contribution < -0.4 is 0 Å². The van der Waals surface area contributed by atoms with Crippen molar-refractivity contribution in [3.05, 3.63) is 113 Å². The van der Waals surface area contributed by atoms with Gasteiger partial charge in [-0.25, -0.2) is 13.2 Å². The van der Waals surface area contributed by atoms with Gasteiger partial charge in [-0.1, -0.05) is 17.3 Å². The number of oxime groups is 1. The second kappa shape index (κ2) is 9.14. The molecule has 4 rings (SSSR count). The van der Waals surface area contributed by atoms with E-state index in [0.717, 1.165) is 28.2 Å². The highest BCUT2D eigenvalue weighted by atomic mass is 19.1. The molecule has 0 aliphatic heterocycles. The number of nitrogens with zero attached hydrogens (tertiary/aromatic N) is 2. The van der Waals surface area contributed by atoms with E-state index in [2.05, 4.69) is 5.16 Å². The molecule has 0 saturated heterocycles. The summed E-state index contributed by atoms with van der Waals surface area (Å²) >= 11 is 0. The van der Waals surface area contributed by atoms with Gasteiger partial charge in [-0.3, -0.25) is 0 Å². The van der Waals surface area contributed by atoms with E-state index in [0.29, 0.717) is 11.3 Å². The van der Waals surface area contributed by atoms with Crippen LogP contribution in [0.25, 0.3) is 16.9 Å². The molecule has 162 valence electrons. The minimum atomic E-state index is -0.331. The maximum atomic E-state index is 13.5. The Balaban J connectivity index is 1.71. The summed E-state index contributed by atoms with van der Waals surface area (Å²) in [6.07, 6.45) is 0. The van der Waals surface area contributed by atoms with E-state index < -0.39 is 0 Å². The van der Waals surface area contributed by atoms with E-state index in [4.69, 9.17) is 4.84 Å². The zero-order valence-corrected chi connectivity index (χ0v) is 17.6. The monoisotopic (exact) mass is 434 g/mol. The van der Waals surface area contributed by atoms with Crippen molar-refractivity contribution in [1.82, 2.24) is 4.57 Å². The van der Waals surface area contributed by atoms with Gasteiger partial charge in [0, 0.05) is 16.9 Å². The average molecular weight is 434 g/mol. The Hall–Kier alpha value is -3.80. The van der Waals surface area contributed by atoms with Gasteiger partial charge in [0.15, 0.2) is 0 Å². The highest BCUT2D eigenvalue weighted by Crippen LogP contribution is 2.30. The van der Waals surface area contributed by atoms with Crippen molar-refractivity contribution < 1.29 is 18.0 Å². The molecule has 0 spiro atoms. The first-order valence-electron chi connectivity index (χ1n) is 10.1. The summed E-state index contributed by atoms with van der Waals surface area (Å²) in [6.45, 7) is 3.88. The highest BCUT2D eigenvalue weighted by molar-refractivity contribution is 6.01. The quantitative estimate of drug-likeness (QED) is 0.242. The third-order valence-corrected chi connectivity index (χ3v) is 5.18. The largest absolute Gasteiger partial charge is 0.391 e. The van der Waals surface area contributed by atoms with E-state index in [-0.39, 0.29) is 24.1 Å². The van der Waals surface area contributed by atoms with Gasteiger partial charge in [0.05, 0.1) is 11.4 Å². The lowest BCUT2D eigenvalue weighted by molar-refractivity contribution is 0.130. The molecule has 1 aromatic heterocycles. The molecule has 32 heavy (non-hydrogen) atoms. The van der Waals surface area contributed by atoms with E-state index in [1.807, 2.05) is 24.5 Å².